The van der Waals surface area contributed by atoms with Crippen LogP contribution in [0.2, 0.25) is 5.02 Å². The second-order valence-electron chi connectivity index (χ2n) is 6.53. The second-order valence-corrected chi connectivity index (χ2v) is 6.94. The van der Waals surface area contributed by atoms with E-state index in [1.165, 1.54) is 18.5 Å². The molecular formula is C22H19ClFN5O. The number of ether oxygens (including phenoxy) is 1. The molecule has 4 N–H and O–H groups in total. The van der Waals surface area contributed by atoms with Crippen LogP contribution in [0.4, 0.5) is 15.9 Å². The molecule has 0 radical (unpaired) electrons. The fraction of sp³-hybridized carbons (Fsp3) is 0.0909. The Morgan fingerprint density at radius 3 is 2.87 bits per heavy atom. The van der Waals surface area contributed by atoms with Gasteiger partial charge in [-0.1, -0.05) is 29.8 Å². The third-order valence-corrected chi connectivity index (χ3v) is 4.65. The van der Waals surface area contributed by atoms with Gasteiger partial charge in [0, 0.05) is 17.9 Å². The first kappa shape index (κ1) is 19.9. The Hall–Kier alpha value is -3.42. The van der Waals surface area contributed by atoms with Crippen molar-refractivity contribution < 1.29 is 9.13 Å². The summed E-state index contributed by atoms with van der Waals surface area (Å²) < 4.78 is 19.0. The molecule has 2 heterocycles. The van der Waals surface area contributed by atoms with Gasteiger partial charge in [-0.25, -0.2) is 14.4 Å². The van der Waals surface area contributed by atoms with Gasteiger partial charge in [-0.3, -0.25) is 0 Å². The van der Waals surface area contributed by atoms with Gasteiger partial charge in [0.05, 0.1) is 10.5 Å². The molecule has 0 spiro atoms. The van der Waals surface area contributed by atoms with Crippen LogP contribution in [0.1, 0.15) is 11.3 Å². The third-order valence-electron chi connectivity index (χ3n) is 4.35. The minimum Gasteiger partial charge on any atom is -0.487 e. The van der Waals surface area contributed by atoms with Gasteiger partial charge >= 0.3 is 0 Å². The van der Waals surface area contributed by atoms with Gasteiger partial charge in [-0.05, 0) is 48.0 Å². The number of nitrogens with two attached hydrogens (primary N) is 1. The van der Waals surface area contributed by atoms with Crippen LogP contribution in [-0.2, 0) is 6.61 Å². The number of rotatable bonds is 7. The van der Waals surface area contributed by atoms with E-state index in [-0.39, 0.29) is 12.4 Å². The van der Waals surface area contributed by atoms with Gasteiger partial charge in [-0.15, -0.1) is 0 Å². The van der Waals surface area contributed by atoms with Crippen LogP contribution in [0.15, 0.2) is 60.9 Å². The van der Waals surface area contributed by atoms with Gasteiger partial charge < -0.3 is 20.8 Å². The maximum Gasteiger partial charge on any atom is 0.158 e. The summed E-state index contributed by atoms with van der Waals surface area (Å²) in [6.45, 7) is 0.677. The molecule has 2 aromatic carbocycles. The number of hydrogen-bond acceptors (Lipinski definition) is 5. The summed E-state index contributed by atoms with van der Waals surface area (Å²) in [6.07, 6.45) is 5.24. The summed E-state index contributed by atoms with van der Waals surface area (Å²) in [5.74, 6) is 0.828. The Bertz CT molecular complexity index is 1210. The predicted molar refractivity (Wildman–Crippen MR) is 117 cm³/mol. The molecule has 0 aliphatic heterocycles. The minimum absolute atomic E-state index is 0.221. The molecule has 0 saturated carbocycles. The van der Waals surface area contributed by atoms with Crippen LogP contribution >= 0.6 is 11.6 Å². The number of H-pyrrole nitrogens is 1. The zero-order valence-electron chi connectivity index (χ0n) is 15.9. The van der Waals surface area contributed by atoms with Crippen molar-refractivity contribution in [1.29, 1.82) is 0 Å². The maximum absolute atomic E-state index is 13.3. The summed E-state index contributed by atoms with van der Waals surface area (Å²) in [6, 6.07) is 13.5. The van der Waals surface area contributed by atoms with E-state index < -0.39 is 0 Å². The lowest BCUT2D eigenvalue weighted by atomic mass is 10.2. The van der Waals surface area contributed by atoms with Crippen molar-refractivity contribution in [1.82, 2.24) is 15.0 Å². The summed E-state index contributed by atoms with van der Waals surface area (Å²) in [5, 5.41) is 3.68. The molecule has 0 unspecified atom stereocenters. The smallest absolute Gasteiger partial charge is 0.158 e. The first-order chi connectivity index (χ1) is 14.6. The van der Waals surface area contributed by atoms with Crippen LogP contribution in [0, 0.1) is 5.82 Å². The lowest BCUT2D eigenvalue weighted by Crippen LogP contribution is -1.98. The average Bonchev–Trinajstić information content (AvgIpc) is 3.16. The number of fused-ring (bicyclic) bond motifs is 1. The molecule has 0 aliphatic carbocycles. The van der Waals surface area contributed by atoms with Crippen molar-refractivity contribution in [2.45, 2.75) is 6.61 Å². The van der Waals surface area contributed by atoms with Crippen molar-refractivity contribution in [3.63, 3.8) is 0 Å². The highest BCUT2D eigenvalue weighted by molar-refractivity contribution is 6.32. The molecule has 0 saturated heterocycles. The van der Waals surface area contributed by atoms with Crippen molar-refractivity contribution in [2.75, 3.05) is 11.9 Å². The van der Waals surface area contributed by atoms with Gasteiger partial charge in [0.15, 0.2) is 5.82 Å². The van der Waals surface area contributed by atoms with Crippen molar-refractivity contribution >= 4 is 40.2 Å². The Balaban J connectivity index is 1.51. The highest BCUT2D eigenvalue weighted by Gasteiger charge is 2.09. The average molecular weight is 424 g/mol. The van der Waals surface area contributed by atoms with E-state index in [4.69, 9.17) is 22.1 Å². The first-order valence-electron chi connectivity index (χ1n) is 9.26. The lowest BCUT2D eigenvalue weighted by Gasteiger charge is -2.11. The fourth-order valence-corrected chi connectivity index (χ4v) is 3.19. The van der Waals surface area contributed by atoms with Gasteiger partial charge in [0.25, 0.3) is 0 Å². The van der Waals surface area contributed by atoms with Crippen LogP contribution in [0.25, 0.3) is 17.1 Å². The predicted octanol–water partition coefficient (Wildman–Crippen LogP) is 5.04. The Kier molecular flexibility index (Phi) is 5.92. The highest BCUT2D eigenvalue weighted by Crippen LogP contribution is 2.31. The topological polar surface area (TPSA) is 88.8 Å². The zero-order valence-corrected chi connectivity index (χ0v) is 16.7. The number of nitrogens with zero attached hydrogens (tertiary/aromatic N) is 2. The van der Waals surface area contributed by atoms with Gasteiger partial charge in [-0.2, -0.15) is 0 Å². The second kappa shape index (κ2) is 8.94. The molecule has 0 amide bonds. The number of anilines is 2. The number of benzene rings is 2. The molecule has 4 aromatic rings. The summed E-state index contributed by atoms with van der Waals surface area (Å²) in [5.41, 5.74) is 9.42. The quantitative estimate of drug-likeness (QED) is 0.387. The number of hydrogen-bond donors (Lipinski definition) is 3. The molecule has 0 bridgehead atoms. The molecule has 0 fully saturated rings. The molecule has 4 rings (SSSR count). The van der Waals surface area contributed by atoms with Crippen molar-refractivity contribution in [3.05, 3.63) is 83.0 Å². The molecule has 6 nitrogen and oxygen atoms in total. The van der Waals surface area contributed by atoms with Crippen LogP contribution in [-0.4, -0.2) is 21.5 Å². The molecule has 152 valence electrons. The monoisotopic (exact) mass is 423 g/mol. The normalized spacial score (nSPS) is 11.3. The molecule has 0 atom stereocenters. The van der Waals surface area contributed by atoms with Gasteiger partial charge in [0.1, 0.15) is 30.0 Å². The van der Waals surface area contributed by atoms with Crippen molar-refractivity contribution in [3.8, 4) is 5.75 Å². The number of nitrogens with one attached hydrogen (secondary N) is 2. The maximum atomic E-state index is 13.3. The number of halogens is 2. The first-order valence-corrected chi connectivity index (χ1v) is 9.64. The van der Waals surface area contributed by atoms with Gasteiger partial charge in [0.2, 0.25) is 0 Å². The van der Waals surface area contributed by atoms with Crippen LogP contribution < -0.4 is 15.8 Å². The van der Waals surface area contributed by atoms with Crippen LogP contribution in [0.5, 0.6) is 5.75 Å². The fourth-order valence-electron chi connectivity index (χ4n) is 2.96. The SMILES string of the molecule is NCC=Cc1cc2ncnc(Nc3ccc(OCc4cccc(F)c4)c(Cl)c3)c2[nH]1. The van der Waals surface area contributed by atoms with E-state index >= 15 is 0 Å². The standard InChI is InChI=1S/C22H19ClFN5O/c23-18-10-17(6-7-20(18)30-12-14-3-1-4-15(24)9-14)29-22-21-19(26-13-27-22)11-16(28-21)5-2-8-25/h1-7,9-11,13,28H,8,12,25H2,(H,26,27,29). The zero-order chi connectivity index (χ0) is 20.9. The number of aromatic nitrogens is 3. The molecule has 30 heavy (non-hydrogen) atoms. The Morgan fingerprint density at radius 1 is 1.17 bits per heavy atom. The minimum atomic E-state index is -0.302. The third kappa shape index (κ3) is 4.59. The lowest BCUT2D eigenvalue weighted by molar-refractivity contribution is 0.306. The largest absolute Gasteiger partial charge is 0.487 e. The summed E-state index contributed by atoms with van der Waals surface area (Å²) >= 11 is 6.37. The number of aromatic amines is 1. The highest BCUT2D eigenvalue weighted by atomic mass is 35.5. The Labute approximate surface area is 177 Å². The molecular weight excluding hydrogens is 405 g/mol. The van der Waals surface area contributed by atoms with E-state index in [9.17, 15) is 4.39 Å². The van der Waals surface area contributed by atoms with E-state index in [0.717, 1.165) is 28.0 Å². The molecule has 2 aromatic heterocycles. The van der Waals surface area contributed by atoms with Crippen LogP contribution in [0.3, 0.4) is 0 Å². The summed E-state index contributed by atoms with van der Waals surface area (Å²) in [4.78, 5) is 11.9. The van der Waals surface area contributed by atoms with E-state index in [1.807, 2.05) is 24.3 Å². The van der Waals surface area contributed by atoms with E-state index in [1.54, 1.807) is 24.3 Å². The molecule has 0 aliphatic rings. The van der Waals surface area contributed by atoms with E-state index in [0.29, 0.717) is 23.1 Å². The van der Waals surface area contributed by atoms with E-state index in [2.05, 4.69) is 20.3 Å². The summed E-state index contributed by atoms with van der Waals surface area (Å²) in [7, 11) is 0. The Morgan fingerprint density at radius 2 is 2.07 bits per heavy atom. The molecule has 8 heteroatoms. The van der Waals surface area contributed by atoms with Crippen molar-refractivity contribution in [2.24, 2.45) is 5.73 Å².